The van der Waals surface area contributed by atoms with Gasteiger partial charge in [-0.25, -0.2) is 0 Å². The summed E-state index contributed by atoms with van der Waals surface area (Å²) in [6, 6.07) is 4.16. The highest BCUT2D eigenvalue weighted by atomic mass is 16.3. The third-order valence-electron chi connectivity index (χ3n) is 5.09. The number of aryl methyl sites for hydroxylation is 1. The summed E-state index contributed by atoms with van der Waals surface area (Å²) in [4.78, 5) is 7.33. The van der Waals surface area contributed by atoms with E-state index in [2.05, 4.69) is 43.8 Å². The van der Waals surface area contributed by atoms with Gasteiger partial charge in [0.15, 0.2) is 5.96 Å². The molecule has 0 saturated carbocycles. The highest BCUT2D eigenvalue weighted by molar-refractivity contribution is 5.80. The zero-order chi connectivity index (χ0) is 20.5. The molecule has 1 fully saturated rings. The first kappa shape index (κ1) is 21.1. The van der Waals surface area contributed by atoms with Gasteiger partial charge in [0, 0.05) is 26.1 Å². The fraction of sp³-hybridized carbons (Fsp3) is 0.571. The molecule has 8 nitrogen and oxygen atoms in total. The molecule has 2 N–H and O–H groups in total. The van der Waals surface area contributed by atoms with Crippen LogP contribution in [0.1, 0.15) is 44.3 Å². The summed E-state index contributed by atoms with van der Waals surface area (Å²) in [6.07, 6.45) is 6.86. The highest BCUT2D eigenvalue weighted by Crippen LogP contribution is 2.25. The molecule has 1 aliphatic rings. The summed E-state index contributed by atoms with van der Waals surface area (Å²) in [5.74, 6) is 2.76. The maximum atomic E-state index is 5.71. The Morgan fingerprint density at radius 2 is 2.17 bits per heavy atom. The molecule has 1 unspecified atom stereocenters. The number of nitrogens with one attached hydrogen (secondary N) is 2. The van der Waals surface area contributed by atoms with Gasteiger partial charge in [-0.1, -0.05) is 19.1 Å². The Kier molecular flexibility index (Phi) is 7.86. The van der Waals surface area contributed by atoms with Crippen molar-refractivity contribution in [3.8, 4) is 0 Å². The van der Waals surface area contributed by atoms with Crippen LogP contribution in [0.25, 0.3) is 0 Å². The lowest BCUT2D eigenvalue weighted by Crippen LogP contribution is -2.40. The van der Waals surface area contributed by atoms with Crippen LogP contribution >= 0.6 is 0 Å². The largest absolute Gasteiger partial charge is 0.468 e. The van der Waals surface area contributed by atoms with Crippen molar-refractivity contribution in [2.24, 2.45) is 4.99 Å². The summed E-state index contributed by atoms with van der Waals surface area (Å²) in [5.41, 5.74) is 1.06. The molecule has 3 rings (SSSR count). The van der Waals surface area contributed by atoms with Crippen LogP contribution in [0.15, 0.2) is 46.3 Å². The van der Waals surface area contributed by atoms with Gasteiger partial charge in [-0.2, -0.15) is 0 Å². The standard InChI is InChI=1S/C21H33N7O/c1-4-20-26-25-16-28(20)12-9-22-21(23-14-17(2)3)24-15-18(19-8-7-13-29-19)27-10-5-6-11-27/h7-8,13,16,18H,2,4-6,9-12,14-15H2,1,3H3,(H2,22,23,24). The molecule has 3 heterocycles. The molecule has 0 spiro atoms. The average molecular weight is 400 g/mol. The van der Waals surface area contributed by atoms with Crippen LogP contribution in [0.2, 0.25) is 0 Å². The van der Waals surface area contributed by atoms with Gasteiger partial charge in [-0.15, -0.1) is 10.2 Å². The molecule has 0 radical (unpaired) electrons. The van der Waals surface area contributed by atoms with Crippen molar-refractivity contribution in [3.05, 3.63) is 48.5 Å². The number of aliphatic imine (C=N–C) groups is 1. The van der Waals surface area contributed by atoms with Crippen LogP contribution in [0, 0.1) is 0 Å². The lowest BCUT2D eigenvalue weighted by atomic mass is 10.2. The van der Waals surface area contributed by atoms with E-state index < -0.39 is 0 Å². The Morgan fingerprint density at radius 3 is 2.86 bits per heavy atom. The van der Waals surface area contributed by atoms with E-state index in [4.69, 9.17) is 9.41 Å². The van der Waals surface area contributed by atoms with Gasteiger partial charge in [0.25, 0.3) is 0 Å². The molecule has 0 bridgehead atoms. The Hall–Kier alpha value is -2.61. The van der Waals surface area contributed by atoms with Crippen molar-refractivity contribution in [3.63, 3.8) is 0 Å². The van der Waals surface area contributed by atoms with Gasteiger partial charge in [0.05, 0.1) is 18.8 Å². The number of furan rings is 1. The SMILES string of the molecule is C=C(C)CNC(=NCC(c1ccco1)N1CCCC1)NCCn1cnnc1CC. The quantitative estimate of drug-likeness (QED) is 0.363. The summed E-state index contributed by atoms with van der Waals surface area (Å²) >= 11 is 0. The van der Waals surface area contributed by atoms with Gasteiger partial charge in [-0.05, 0) is 45.0 Å². The van der Waals surface area contributed by atoms with E-state index in [0.717, 1.165) is 55.7 Å². The minimum absolute atomic E-state index is 0.167. The summed E-state index contributed by atoms with van der Waals surface area (Å²) < 4.78 is 7.78. The van der Waals surface area contributed by atoms with E-state index in [0.29, 0.717) is 13.1 Å². The molecular formula is C21H33N7O. The molecule has 1 atom stereocenters. The van der Waals surface area contributed by atoms with E-state index in [1.54, 1.807) is 12.6 Å². The first-order valence-electron chi connectivity index (χ1n) is 10.5. The molecule has 2 aromatic heterocycles. The van der Waals surface area contributed by atoms with Crippen LogP contribution in [0.4, 0.5) is 0 Å². The maximum absolute atomic E-state index is 5.71. The second kappa shape index (κ2) is 10.8. The fourth-order valence-electron chi connectivity index (χ4n) is 3.54. The first-order chi connectivity index (χ1) is 14.2. The Morgan fingerprint density at radius 1 is 1.34 bits per heavy atom. The minimum Gasteiger partial charge on any atom is -0.468 e. The van der Waals surface area contributed by atoms with Crippen LogP contribution in [0.5, 0.6) is 0 Å². The topological polar surface area (TPSA) is 83.5 Å². The summed E-state index contributed by atoms with van der Waals surface area (Å²) in [6.45, 7) is 13.1. The Labute approximate surface area is 173 Å². The fourth-order valence-corrected chi connectivity index (χ4v) is 3.54. The third-order valence-corrected chi connectivity index (χ3v) is 5.09. The first-order valence-corrected chi connectivity index (χ1v) is 10.5. The Balaban J connectivity index is 1.63. The average Bonchev–Trinajstić information content (AvgIpc) is 3.48. The smallest absolute Gasteiger partial charge is 0.191 e. The second-order valence-electron chi connectivity index (χ2n) is 7.50. The second-order valence-corrected chi connectivity index (χ2v) is 7.50. The van der Waals surface area contributed by atoms with Crippen molar-refractivity contribution in [1.29, 1.82) is 0 Å². The van der Waals surface area contributed by atoms with Crippen molar-refractivity contribution in [1.82, 2.24) is 30.3 Å². The van der Waals surface area contributed by atoms with Crippen LogP contribution in [-0.4, -0.2) is 58.3 Å². The highest BCUT2D eigenvalue weighted by Gasteiger charge is 2.25. The monoisotopic (exact) mass is 399 g/mol. The molecule has 8 heteroatoms. The Bertz CT molecular complexity index is 775. The van der Waals surface area contributed by atoms with E-state index >= 15 is 0 Å². The van der Waals surface area contributed by atoms with Crippen molar-refractivity contribution in [2.75, 3.05) is 32.7 Å². The zero-order valence-electron chi connectivity index (χ0n) is 17.6. The molecule has 2 aromatic rings. The summed E-state index contributed by atoms with van der Waals surface area (Å²) in [5, 5.41) is 14.9. The molecule has 1 aliphatic heterocycles. The number of likely N-dealkylation sites (tertiary alicyclic amines) is 1. The van der Waals surface area contributed by atoms with E-state index in [9.17, 15) is 0 Å². The normalized spacial score (nSPS) is 16.1. The minimum atomic E-state index is 0.167. The molecule has 1 saturated heterocycles. The predicted molar refractivity (Wildman–Crippen MR) is 115 cm³/mol. The number of nitrogens with zero attached hydrogens (tertiary/aromatic N) is 5. The van der Waals surface area contributed by atoms with Gasteiger partial charge in [0.1, 0.15) is 17.9 Å². The maximum Gasteiger partial charge on any atom is 0.191 e. The molecule has 0 amide bonds. The molecule has 29 heavy (non-hydrogen) atoms. The van der Waals surface area contributed by atoms with Crippen molar-refractivity contribution >= 4 is 5.96 Å². The molecule has 0 aromatic carbocycles. The van der Waals surface area contributed by atoms with Crippen LogP contribution in [-0.2, 0) is 13.0 Å². The molecule has 158 valence electrons. The lowest BCUT2D eigenvalue weighted by Gasteiger charge is -2.24. The number of guanidine groups is 1. The zero-order valence-corrected chi connectivity index (χ0v) is 17.6. The van der Waals surface area contributed by atoms with Crippen LogP contribution < -0.4 is 10.6 Å². The van der Waals surface area contributed by atoms with E-state index in [-0.39, 0.29) is 6.04 Å². The number of aromatic nitrogens is 3. The molecular weight excluding hydrogens is 366 g/mol. The molecule has 0 aliphatic carbocycles. The lowest BCUT2D eigenvalue weighted by molar-refractivity contribution is 0.221. The number of hydrogen-bond acceptors (Lipinski definition) is 5. The predicted octanol–water partition coefficient (Wildman–Crippen LogP) is 2.38. The van der Waals surface area contributed by atoms with E-state index in [1.165, 1.54) is 12.8 Å². The third kappa shape index (κ3) is 6.19. The van der Waals surface area contributed by atoms with Gasteiger partial charge < -0.3 is 19.6 Å². The number of hydrogen-bond donors (Lipinski definition) is 2. The van der Waals surface area contributed by atoms with Gasteiger partial charge >= 0.3 is 0 Å². The van der Waals surface area contributed by atoms with Crippen LogP contribution in [0.3, 0.4) is 0 Å². The van der Waals surface area contributed by atoms with Crippen molar-refractivity contribution < 1.29 is 4.42 Å². The van der Waals surface area contributed by atoms with E-state index in [1.807, 2.05) is 19.1 Å². The summed E-state index contributed by atoms with van der Waals surface area (Å²) in [7, 11) is 0. The van der Waals surface area contributed by atoms with Gasteiger partial charge in [0.2, 0.25) is 0 Å². The number of rotatable bonds is 10. The van der Waals surface area contributed by atoms with Gasteiger partial charge in [-0.3, -0.25) is 9.89 Å². The van der Waals surface area contributed by atoms with Crippen molar-refractivity contribution in [2.45, 2.75) is 45.7 Å².